The van der Waals surface area contributed by atoms with E-state index in [0.717, 1.165) is 85.1 Å². The van der Waals surface area contributed by atoms with Crippen LogP contribution in [-0.4, -0.2) is 47.4 Å². The quantitative estimate of drug-likeness (QED) is 0.571. The topological polar surface area (TPSA) is 86.9 Å². The number of benzene rings is 2. The minimum atomic E-state index is -0.385. The number of piperazine rings is 1. The number of ketones is 1. The molecule has 6 nitrogen and oxygen atoms in total. The number of anilines is 1. The molecule has 2 heterocycles. The molecule has 0 bridgehead atoms. The van der Waals surface area contributed by atoms with Crippen molar-refractivity contribution >= 4 is 22.4 Å². The molecule has 6 rings (SSSR count). The van der Waals surface area contributed by atoms with Crippen LogP contribution in [0.3, 0.4) is 0 Å². The molecule has 3 aliphatic rings. The van der Waals surface area contributed by atoms with E-state index < -0.39 is 0 Å². The number of nitrogens with one attached hydrogen (secondary N) is 1. The SMILES string of the molecule is CCc1cc2c(cc1N1CCN(C3(C#N)CCC3)CC1)C(C)(C)c1[nH]c3cc(C#N)ccc3c1C2=O. The highest BCUT2D eigenvalue weighted by Crippen LogP contribution is 2.46. The van der Waals surface area contributed by atoms with Crippen molar-refractivity contribution in [1.82, 2.24) is 9.88 Å². The second-order valence-electron chi connectivity index (χ2n) is 11.1. The summed E-state index contributed by atoms with van der Waals surface area (Å²) in [6, 6.07) is 14.7. The van der Waals surface area contributed by atoms with Crippen molar-refractivity contribution in [1.29, 1.82) is 10.5 Å². The van der Waals surface area contributed by atoms with E-state index in [2.05, 4.69) is 59.8 Å². The fourth-order valence-corrected chi connectivity index (χ4v) is 6.54. The fourth-order valence-electron chi connectivity index (χ4n) is 6.54. The van der Waals surface area contributed by atoms with Crippen molar-refractivity contribution in [3.63, 3.8) is 0 Å². The van der Waals surface area contributed by atoms with Gasteiger partial charge in [0.1, 0.15) is 5.54 Å². The number of nitrogens with zero attached hydrogens (tertiary/aromatic N) is 4. The Labute approximate surface area is 212 Å². The molecular formula is C30H31N5O. The Hall–Kier alpha value is -3.61. The summed E-state index contributed by atoms with van der Waals surface area (Å²) in [5.41, 5.74) is 6.68. The number of carbonyl (C=O) groups is 1. The van der Waals surface area contributed by atoms with Crippen molar-refractivity contribution in [2.45, 2.75) is 57.4 Å². The van der Waals surface area contributed by atoms with Gasteiger partial charge in [-0.2, -0.15) is 10.5 Å². The van der Waals surface area contributed by atoms with Gasteiger partial charge in [-0.3, -0.25) is 9.69 Å². The Morgan fingerprint density at radius 3 is 2.42 bits per heavy atom. The standard InChI is InChI=1S/C30H31N5O/c1-4-20-15-22-23(16-25(20)34-10-12-35(13-11-34)30(18-32)8-5-9-30)29(2,3)28-26(27(22)36)21-7-6-19(17-31)14-24(21)33-28/h6-7,14-16,33H,4-5,8-13H2,1-3H3. The first-order valence-corrected chi connectivity index (χ1v) is 13.0. The van der Waals surface area contributed by atoms with Gasteiger partial charge in [0, 0.05) is 59.4 Å². The van der Waals surface area contributed by atoms with E-state index in [9.17, 15) is 15.3 Å². The van der Waals surface area contributed by atoms with E-state index in [1.165, 1.54) is 11.3 Å². The molecule has 1 N–H and O–H groups in total. The minimum absolute atomic E-state index is 0.0577. The fraction of sp³-hybridized carbons (Fsp3) is 0.433. The lowest BCUT2D eigenvalue weighted by atomic mass is 9.70. The third kappa shape index (κ3) is 3.08. The molecule has 1 aromatic heterocycles. The number of aromatic amines is 1. The zero-order valence-electron chi connectivity index (χ0n) is 21.2. The molecule has 2 fully saturated rings. The number of carbonyl (C=O) groups excluding carboxylic acids is 1. The number of rotatable bonds is 3. The second kappa shape index (κ2) is 7.95. The molecule has 36 heavy (non-hydrogen) atoms. The molecular weight excluding hydrogens is 446 g/mol. The predicted molar refractivity (Wildman–Crippen MR) is 140 cm³/mol. The number of aromatic nitrogens is 1. The zero-order valence-corrected chi connectivity index (χ0v) is 21.2. The highest BCUT2D eigenvalue weighted by atomic mass is 16.1. The van der Waals surface area contributed by atoms with Crippen LogP contribution in [0, 0.1) is 22.7 Å². The van der Waals surface area contributed by atoms with Crippen molar-refractivity contribution < 1.29 is 4.79 Å². The molecule has 0 radical (unpaired) electrons. The highest BCUT2D eigenvalue weighted by Gasteiger charge is 2.44. The van der Waals surface area contributed by atoms with Gasteiger partial charge in [0.2, 0.25) is 0 Å². The Kier molecular flexibility index (Phi) is 5.04. The third-order valence-corrected chi connectivity index (χ3v) is 8.91. The molecule has 0 atom stereocenters. The van der Waals surface area contributed by atoms with Crippen molar-refractivity contribution in [3.8, 4) is 12.1 Å². The van der Waals surface area contributed by atoms with Gasteiger partial charge in [0.15, 0.2) is 5.78 Å². The third-order valence-electron chi connectivity index (χ3n) is 8.91. The Morgan fingerprint density at radius 1 is 1.06 bits per heavy atom. The van der Waals surface area contributed by atoms with Crippen LogP contribution >= 0.6 is 0 Å². The summed E-state index contributed by atoms with van der Waals surface area (Å²) >= 11 is 0. The van der Waals surface area contributed by atoms with Gasteiger partial charge < -0.3 is 9.88 Å². The van der Waals surface area contributed by atoms with Gasteiger partial charge >= 0.3 is 0 Å². The molecule has 2 aliphatic carbocycles. The smallest absolute Gasteiger partial charge is 0.195 e. The summed E-state index contributed by atoms with van der Waals surface area (Å²) in [5, 5.41) is 20.0. The van der Waals surface area contributed by atoms with Gasteiger partial charge in [0.05, 0.1) is 23.3 Å². The molecule has 6 heteroatoms. The van der Waals surface area contributed by atoms with Crippen LogP contribution in [0.1, 0.15) is 78.3 Å². The lowest BCUT2D eigenvalue weighted by molar-refractivity contribution is 0.0598. The Bertz CT molecular complexity index is 1490. The second-order valence-corrected chi connectivity index (χ2v) is 11.1. The average Bonchev–Trinajstić information content (AvgIpc) is 3.27. The number of aryl methyl sites for hydroxylation is 1. The number of nitriles is 2. The van der Waals surface area contributed by atoms with E-state index in [4.69, 9.17) is 0 Å². The number of hydrogen-bond donors (Lipinski definition) is 1. The number of H-pyrrole nitrogens is 1. The van der Waals surface area contributed by atoms with Crippen molar-refractivity contribution in [2.24, 2.45) is 0 Å². The van der Waals surface area contributed by atoms with Gasteiger partial charge in [-0.15, -0.1) is 0 Å². The van der Waals surface area contributed by atoms with E-state index >= 15 is 0 Å². The maximum atomic E-state index is 13.9. The number of fused-ring (bicyclic) bond motifs is 4. The summed E-state index contributed by atoms with van der Waals surface area (Å²) in [6.07, 6.45) is 3.98. The molecule has 0 unspecified atom stereocenters. The van der Waals surface area contributed by atoms with Crippen LogP contribution in [0.5, 0.6) is 0 Å². The summed E-state index contributed by atoms with van der Waals surface area (Å²) < 4.78 is 0. The molecule has 3 aromatic rings. The van der Waals surface area contributed by atoms with Crippen LogP contribution in [-0.2, 0) is 11.8 Å². The number of hydrogen-bond acceptors (Lipinski definition) is 5. The van der Waals surface area contributed by atoms with Crippen molar-refractivity contribution in [3.05, 3.63) is 63.8 Å². The summed E-state index contributed by atoms with van der Waals surface area (Å²) in [6.45, 7) is 10.1. The molecule has 1 saturated heterocycles. The monoisotopic (exact) mass is 477 g/mol. The lowest BCUT2D eigenvalue weighted by Crippen LogP contribution is -2.59. The molecule has 0 spiro atoms. The summed E-state index contributed by atoms with van der Waals surface area (Å²) in [4.78, 5) is 22.2. The van der Waals surface area contributed by atoms with E-state index in [-0.39, 0.29) is 16.7 Å². The maximum Gasteiger partial charge on any atom is 0.195 e. The van der Waals surface area contributed by atoms with E-state index in [1.807, 2.05) is 12.1 Å². The Balaban J connectivity index is 1.40. The first kappa shape index (κ1) is 22.8. The van der Waals surface area contributed by atoms with Gasteiger partial charge in [-0.05, 0) is 61.1 Å². The first-order chi connectivity index (χ1) is 17.3. The van der Waals surface area contributed by atoms with Crippen molar-refractivity contribution in [2.75, 3.05) is 31.1 Å². The predicted octanol–water partition coefficient (Wildman–Crippen LogP) is 5.04. The Morgan fingerprint density at radius 2 is 1.81 bits per heavy atom. The van der Waals surface area contributed by atoms with Gasteiger partial charge in [-0.1, -0.05) is 26.8 Å². The lowest BCUT2D eigenvalue weighted by Gasteiger charge is -2.49. The average molecular weight is 478 g/mol. The molecule has 2 aromatic carbocycles. The van der Waals surface area contributed by atoms with Crippen LogP contribution < -0.4 is 4.90 Å². The summed E-state index contributed by atoms with van der Waals surface area (Å²) in [5.74, 6) is 0.0577. The molecule has 182 valence electrons. The zero-order chi connectivity index (χ0) is 25.2. The van der Waals surface area contributed by atoms with Crippen LogP contribution in [0.15, 0.2) is 30.3 Å². The van der Waals surface area contributed by atoms with Crippen LogP contribution in [0.25, 0.3) is 10.9 Å². The first-order valence-electron chi connectivity index (χ1n) is 13.0. The van der Waals surface area contributed by atoms with E-state index in [1.54, 1.807) is 6.07 Å². The normalized spacial score (nSPS) is 20.2. The molecule has 0 amide bonds. The van der Waals surface area contributed by atoms with E-state index in [0.29, 0.717) is 5.56 Å². The minimum Gasteiger partial charge on any atom is -0.369 e. The van der Waals surface area contributed by atoms with Gasteiger partial charge in [0.25, 0.3) is 0 Å². The highest BCUT2D eigenvalue weighted by molar-refractivity contribution is 6.20. The maximum absolute atomic E-state index is 13.9. The van der Waals surface area contributed by atoms with Crippen LogP contribution in [0.4, 0.5) is 5.69 Å². The summed E-state index contributed by atoms with van der Waals surface area (Å²) in [7, 11) is 0. The largest absolute Gasteiger partial charge is 0.369 e. The van der Waals surface area contributed by atoms with Crippen LogP contribution in [0.2, 0.25) is 0 Å². The molecule has 1 saturated carbocycles. The van der Waals surface area contributed by atoms with Gasteiger partial charge in [-0.25, -0.2) is 0 Å². The molecule has 1 aliphatic heterocycles.